The zero-order valence-corrected chi connectivity index (χ0v) is 16.7. The summed E-state index contributed by atoms with van der Waals surface area (Å²) < 4.78 is 5.08. The van der Waals surface area contributed by atoms with E-state index >= 15 is 0 Å². The van der Waals surface area contributed by atoms with Crippen LogP contribution in [-0.4, -0.2) is 18.4 Å². The molecular weight excluding hydrogens is 348 g/mol. The monoisotopic (exact) mass is 376 g/mol. The fourth-order valence-electron chi connectivity index (χ4n) is 4.04. The highest BCUT2D eigenvalue weighted by Crippen LogP contribution is 2.43. The van der Waals surface area contributed by atoms with E-state index in [1.807, 2.05) is 0 Å². The molecular formula is C25H28O3. The van der Waals surface area contributed by atoms with Gasteiger partial charge in [0.05, 0.1) is 5.41 Å². The molecule has 0 unspecified atom stereocenters. The van der Waals surface area contributed by atoms with E-state index < -0.39 is 11.4 Å². The molecule has 3 heteroatoms. The highest BCUT2D eigenvalue weighted by Gasteiger charge is 2.42. The Morgan fingerprint density at radius 2 is 1.57 bits per heavy atom. The highest BCUT2D eigenvalue weighted by molar-refractivity contribution is 5.93. The summed E-state index contributed by atoms with van der Waals surface area (Å²) in [4.78, 5) is 24.6. The minimum absolute atomic E-state index is 0.0160. The molecule has 0 spiro atoms. The van der Waals surface area contributed by atoms with Gasteiger partial charge >= 0.3 is 5.97 Å². The summed E-state index contributed by atoms with van der Waals surface area (Å²) in [6.45, 7) is 7.50. The summed E-state index contributed by atoms with van der Waals surface area (Å²) in [5, 5.41) is 0. The Morgan fingerprint density at radius 1 is 1.04 bits per heavy atom. The molecule has 3 nitrogen and oxygen atoms in total. The Labute approximate surface area is 167 Å². The van der Waals surface area contributed by atoms with Gasteiger partial charge in [0, 0.05) is 6.08 Å². The highest BCUT2D eigenvalue weighted by atomic mass is 16.5. The van der Waals surface area contributed by atoms with Gasteiger partial charge in [-0.2, -0.15) is 0 Å². The summed E-state index contributed by atoms with van der Waals surface area (Å²) in [7, 11) is 0. The van der Waals surface area contributed by atoms with Gasteiger partial charge in [0.15, 0.2) is 12.4 Å². The number of Topliss-reactive ketones (excluding diaryl/α,β-unsaturated/α-hetero) is 1. The van der Waals surface area contributed by atoms with Gasteiger partial charge in [-0.1, -0.05) is 67.6 Å². The molecule has 1 fully saturated rings. The molecule has 0 bridgehead atoms. The number of ketones is 1. The second-order valence-corrected chi connectivity index (χ2v) is 7.94. The van der Waals surface area contributed by atoms with Crippen LogP contribution in [0.5, 0.6) is 0 Å². The maximum atomic E-state index is 13.1. The molecule has 146 valence electrons. The summed E-state index contributed by atoms with van der Waals surface area (Å²) in [6.07, 6.45) is 4.69. The van der Waals surface area contributed by atoms with Crippen LogP contribution in [0.25, 0.3) is 11.1 Å². The fraction of sp³-hybridized carbons (Fsp3) is 0.360. The average molecular weight is 376 g/mol. The summed E-state index contributed by atoms with van der Waals surface area (Å²) >= 11 is 0. The topological polar surface area (TPSA) is 43.4 Å². The molecule has 1 saturated carbocycles. The van der Waals surface area contributed by atoms with Crippen LogP contribution in [0, 0.1) is 12.8 Å². The van der Waals surface area contributed by atoms with Crippen LogP contribution in [0.2, 0.25) is 0 Å². The molecule has 1 aliphatic rings. The summed E-state index contributed by atoms with van der Waals surface area (Å²) in [6, 6.07) is 16.7. The van der Waals surface area contributed by atoms with Gasteiger partial charge in [-0.25, -0.2) is 4.79 Å². The quantitative estimate of drug-likeness (QED) is 0.500. The summed E-state index contributed by atoms with van der Waals surface area (Å²) in [5.74, 6) is 0.0450. The molecule has 0 atom stereocenters. The zero-order valence-electron chi connectivity index (χ0n) is 16.7. The lowest BCUT2D eigenvalue weighted by molar-refractivity contribution is -0.145. The van der Waals surface area contributed by atoms with Crippen molar-refractivity contribution in [3.63, 3.8) is 0 Å². The molecule has 0 saturated heterocycles. The normalized spacial score (nSPS) is 21.7. The third-order valence-electron chi connectivity index (χ3n) is 6.00. The van der Waals surface area contributed by atoms with Crippen LogP contribution in [0.1, 0.15) is 43.7 Å². The number of hydrogen-bond acceptors (Lipinski definition) is 3. The van der Waals surface area contributed by atoms with E-state index in [2.05, 4.69) is 69.0 Å². The SMILES string of the molecule is C=CC(=O)OCC(=O)C1(c2ccc(-c3ccc(C)cc3)cc2)CCC(C)CC1. The average Bonchev–Trinajstić information content (AvgIpc) is 2.73. The Kier molecular flexibility index (Phi) is 6.13. The molecule has 0 heterocycles. The third kappa shape index (κ3) is 4.24. The first kappa shape index (κ1) is 20.1. The van der Waals surface area contributed by atoms with Crippen molar-refractivity contribution in [3.05, 3.63) is 72.3 Å². The van der Waals surface area contributed by atoms with Crippen LogP contribution in [0.15, 0.2) is 61.2 Å². The van der Waals surface area contributed by atoms with Crippen molar-refractivity contribution in [2.45, 2.75) is 44.9 Å². The number of aryl methyl sites for hydroxylation is 1. The van der Waals surface area contributed by atoms with Crippen LogP contribution in [-0.2, 0) is 19.7 Å². The molecule has 0 aliphatic heterocycles. The molecule has 0 amide bonds. The fourth-order valence-corrected chi connectivity index (χ4v) is 4.04. The van der Waals surface area contributed by atoms with Crippen molar-refractivity contribution < 1.29 is 14.3 Å². The number of carbonyl (C=O) groups excluding carboxylic acids is 2. The van der Waals surface area contributed by atoms with E-state index in [1.54, 1.807) is 0 Å². The van der Waals surface area contributed by atoms with Gasteiger partial charge in [0.25, 0.3) is 0 Å². The van der Waals surface area contributed by atoms with Gasteiger partial charge in [0.1, 0.15) is 0 Å². The van der Waals surface area contributed by atoms with E-state index in [0.29, 0.717) is 5.92 Å². The Balaban J connectivity index is 1.87. The first-order valence-corrected chi connectivity index (χ1v) is 9.95. The van der Waals surface area contributed by atoms with E-state index in [-0.39, 0.29) is 12.4 Å². The Bertz CT molecular complexity index is 838. The van der Waals surface area contributed by atoms with Crippen molar-refractivity contribution in [2.24, 2.45) is 5.92 Å². The van der Waals surface area contributed by atoms with Crippen LogP contribution in [0.4, 0.5) is 0 Å². The lowest BCUT2D eigenvalue weighted by atomic mass is 9.64. The van der Waals surface area contributed by atoms with Crippen molar-refractivity contribution in [1.82, 2.24) is 0 Å². The number of esters is 1. The molecule has 3 rings (SSSR count). The zero-order chi connectivity index (χ0) is 20.1. The standard InChI is InChI=1S/C25H28O3/c1-4-24(27)28-17-23(26)25(15-13-19(3)14-16-25)22-11-9-21(10-12-22)20-7-5-18(2)6-8-20/h4-12,19H,1,13-17H2,2-3H3. The second-order valence-electron chi connectivity index (χ2n) is 7.94. The first-order valence-electron chi connectivity index (χ1n) is 9.95. The summed E-state index contributed by atoms with van der Waals surface area (Å²) in [5.41, 5.74) is 3.98. The van der Waals surface area contributed by atoms with E-state index in [1.165, 1.54) is 5.56 Å². The molecule has 2 aromatic carbocycles. The number of rotatable bonds is 6. The second kappa shape index (κ2) is 8.55. The van der Waals surface area contributed by atoms with Gasteiger partial charge in [-0.05, 0) is 55.2 Å². The van der Waals surface area contributed by atoms with Crippen LogP contribution >= 0.6 is 0 Å². The predicted octanol–water partition coefficient (Wildman–Crippen LogP) is 5.41. The molecule has 1 aliphatic carbocycles. The van der Waals surface area contributed by atoms with Gasteiger partial charge in [-0.15, -0.1) is 0 Å². The number of carbonyl (C=O) groups is 2. The number of hydrogen-bond donors (Lipinski definition) is 0. The number of benzene rings is 2. The van der Waals surface area contributed by atoms with E-state index in [9.17, 15) is 9.59 Å². The van der Waals surface area contributed by atoms with Crippen molar-refractivity contribution in [3.8, 4) is 11.1 Å². The van der Waals surface area contributed by atoms with E-state index in [0.717, 1.165) is 48.4 Å². The molecule has 0 aromatic heterocycles. The lowest BCUT2D eigenvalue weighted by Gasteiger charge is -2.38. The first-order chi connectivity index (χ1) is 13.4. The minimum Gasteiger partial charge on any atom is -0.455 e. The Hall–Kier alpha value is -2.68. The molecule has 2 aromatic rings. The lowest BCUT2D eigenvalue weighted by Crippen LogP contribution is -2.42. The van der Waals surface area contributed by atoms with Gasteiger partial charge in [-0.3, -0.25) is 4.79 Å². The van der Waals surface area contributed by atoms with Crippen LogP contribution in [0.3, 0.4) is 0 Å². The molecule has 0 N–H and O–H groups in total. The van der Waals surface area contributed by atoms with E-state index in [4.69, 9.17) is 4.74 Å². The molecule has 0 radical (unpaired) electrons. The smallest absolute Gasteiger partial charge is 0.330 e. The van der Waals surface area contributed by atoms with Crippen molar-refractivity contribution >= 4 is 11.8 Å². The maximum absolute atomic E-state index is 13.1. The largest absolute Gasteiger partial charge is 0.455 e. The molecule has 28 heavy (non-hydrogen) atoms. The number of ether oxygens (including phenoxy) is 1. The maximum Gasteiger partial charge on any atom is 0.330 e. The Morgan fingerprint density at radius 3 is 2.11 bits per heavy atom. The predicted molar refractivity (Wildman–Crippen MR) is 112 cm³/mol. The van der Waals surface area contributed by atoms with Crippen molar-refractivity contribution in [1.29, 1.82) is 0 Å². The van der Waals surface area contributed by atoms with Gasteiger partial charge in [0.2, 0.25) is 0 Å². The third-order valence-corrected chi connectivity index (χ3v) is 6.00. The van der Waals surface area contributed by atoms with Crippen LogP contribution < -0.4 is 0 Å². The van der Waals surface area contributed by atoms with Gasteiger partial charge < -0.3 is 4.74 Å². The minimum atomic E-state index is -0.570. The van der Waals surface area contributed by atoms with Crippen molar-refractivity contribution in [2.75, 3.05) is 6.61 Å².